The zero-order valence-electron chi connectivity index (χ0n) is 18.9. The summed E-state index contributed by atoms with van der Waals surface area (Å²) in [5.41, 5.74) is 0.804. The Morgan fingerprint density at radius 2 is 1.60 bits per heavy atom. The highest BCUT2D eigenvalue weighted by Crippen LogP contribution is 2.40. The maximum atomic E-state index is 14.2. The SMILES string of the molecule is O=C1O[C@@H](CN2CCC(O)(c3ccccc3)CC2)[C@H](c2cc(F)cc(F)c2)N1c1ccc(Cl)cc1. The van der Waals surface area contributed by atoms with Gasteiger partial charge in [-0.05, 0) is 60.4 Å². The maximum Gasteiger partial charge on any atom is 0.415 e. The van der Waals surface area contributed by atoms with E-state index in [0.29, 0.717) is 48.7 Å². The van der Waals surface area contributed by atoms with E-state index < -0.39 is 35.5 Å². The quantitative estimate of drug-likeness (QED) is 0.492. The number of piperidine rings is 1. The molecule has 182 valence electrons. The first-order chi connectivity index (χ1) is 16.8. The van der Waals surface area contributed by atoms with E-state index >= 15 is 0 Å². The first kappa shape index (κ1) is 23.7. The highest BCUT2D eigenvalue weighted by molar-refractivity contribution is 6.30. The Kier molecular flexibility index (Phi) is 6.49. The first-order valence-corrected chi connectivity index (χ1v) is 11.9. The van der Waals surface area contributed by atoms with Crippen LogP contribution in [0.2, 0.25) is 5.02 Å². The van der Waals surface area contributed by atoms with E-state index in [1.807, 2.05) is 30.3 Å². The number of hydrogen-bond acceptors (Lipinski definition) is 4. The lowest BCUT2D eigenvalue weighted by atomic mass is 9.84. The monoisotopic (exact) mass is 498 g/mol. The van der Waals surface area contributed by atoms with Crippen molar-refractivity contribution in [1.29, 1.82) is 0 Å². The summed E-state index contributed by atoms with van der Waals surface area (Å²) in [5, 5.41) is 11.7. The predicted octanol–water partition coefficient (Wildman–Crippen LogP) is 5.67. The summed E-state index contributed by atoms with van der Waals surface area (Å²) in [4.78, 5) is 16.5. The number of cyclic esters (lactones) is 1. The fourth-order valence-electron chi connectivity index (χ4n) is 5.04. The molecule has 5 nitrogen and oxygen atoms in total. The zero-order valence-corrected chi connectivity index (χ0v) is 19.7. The summed E-state index contributed by atoms with van der Waals surface area (Å²) >= 11 is 6.01. The van der Waals surface area contributed by atoms with Crippen molar-refractivity contribution < 1.29 is 23.4 Å². The number of halogens is 3. The van der Waals surface area contributed by atoms with Gasteiger partial charge in [0.05, 0.1) is 5.60 Å². The standard InChI is InChI=1S/C27H25ClF2N2O3/c28-20-6-8-23(9-7-20)32-25(18-14-21(29)16-22(30)15-18)24(35-26(32)33)17-31-12-10-27(34,11-13-31)19-4-2-1-3-5-19/h1-9,14-16,24-25,34H,10-13,17H2/t24-,25-/m0/s1. The Labute approximate surface area is 207 Å². The smallest absolute Gasteiger partial charge is 0.415 e. The van der Waals surface area contributed by atoms with Crippen molar-refractivity contribution in [3.05, 3.63) is 101 Å². The molecule has 2 atom stereocenters. The minimum Gasteiger partial charge on any atom is -0.442 e. The number of likely N-dealkylation sites (tertiary alicyclic amines) is 1. The van der Waals surface area contributed by atoms with Gasteiger partial charge in [0.2, 0.25) is 0 Å². The molecule has 0 unspecified atom stereocenters. The second-order valence-electron chi connectivity index (χ2n) is 9.11. The van der Waals surface area contributed by atoms with Crippen molar-refractivity contribution in [1.82, 2.24) is 4.90 Å². The number of aliphatic hydroxyl groups is 1. The molecule has 5 rings (SSSR count). The molecule has 1 N–H and O–H groups in total. The fourth-order valence-corrected chi connectivity index (χ4v) is 5.17. The van der Waals surface area contributed by atoms with Gasteiger partial charge in [0, 0.05) is 36.4 Å². The molecule has 2 heterocycles. The molecule has 0 aromatic heterocycles. The number of rotatable bonds is 5. The van der Waals surface area contributed by atoms with Crippen LogP contribution in [0.5, 0.6) is 0 Å². The second-order valence-corrected chi connectivity index (χ2v) is 9.55. The van der Waals surface area contributed by atoms with Crippen LogP contribution in [-0.4, -0.2) is 41.8 Å². The lowest BCUT2D eigenvalue weighted by molar-refractivity contribution is -0.0339. The van der Waals surface area contributed by atoms with Gasteiger partial charge in [-0.15, -0.1) is 0 Å². The summed E-state index contributed by atoms with van der Waals surface area (Å²) in [5.74, 6) is -1.44. The minimum atomic E-state index is -0.912. The van der Waals surface area contributed by atoms with Gasteiger partial charge in [-0.2, -0.15) is 0 Å². The molecule has 2 fully saturated rings. The Hall–Kier alpha value is -3.00. The number of benzene rings is 3. The number of anilines is 1. The zero-order chi connectivity index (χ0) is 24.6. The van der Waals surface area contributed by atoms with Gasteiger partial charge in [0.25, 0.3) is 0 Å². The summed E-state index contributed by atoms with van der Waals surface area (Å²) in [6.07, 6.45) is -0.206. The largest absolute Gasteiger partial charge is 0.442 e. The third kappa shape index (κ3) is 4.89. The number of hydrogen-bond donors (Lipinski definition) is 1. The molecule has 2 saturated heterocycles. The van der Waals surface area contributed by atoms with Crippen molar-refractivity contribution in [2.45, 2.75) is 30.6 Å². The summed E-state index contributed by atoms with van der Waals surface area (Å²) in [6, 6.07) is 18.8. The van der Waals surface area contributed by atoms with E-state index in [-0.39, 0.29) is 0 Å². The van der Waals surface area contributed by atoms with Gasteiger partial charge >= 0.3 is 6.09 Å². The second kappa shape index (κ2) is 9.57. The van der Waals surface area contributed by atoms with Crippen LogP contribution in [0.15, 0.2) is 72.8 Å². The molecule has 2 aliphatic rings. The van der Waals surface area contributed by atoms with Crippen molar-refractivity contribution in [3.63, 3.8) is 0 Å². The molecular weight excluding hydrogens is 474 g/mol. The van der Waals surface area contributed by atoms with E-state index in [0.717, 1.165) is 11.6 Å². The molecule has 8 heteroatoms. The first-order valence-electron chi connectivity index (χ1n) is 11.5. The van der Waals surface area contributed by atoms with Gasteiger partial charge in [0.15, 0.2) is 0 Å². The van der Waals surface area contributed by atoms with Gasteiger partial charge in [0.1, 0.15) is 23.8 Å². The highest BCUT2D eigenvalue weighted by Gasteiger charge is 2.45. The van der Waals surface area contributed by atoms with Crippen LogP contribution >= 0.6 is 11.6 Å². The normalized spacial score (nSPS) is 22.3. The number of amides is 1. The van der Waals surface area contributed by atoms with Crippen molar-refractivity contribution in [3.8, 4) is 0 Å². The van der Waals surface area contributed by atoms with Crippen LogP contribution in [0.3, 0.4) is 0 Å². The molecule has 0 aliphatic carbocycles. The Balaban J connectivity index is 1.39. The van der Waals surface area contributed by atoms with E-state index in [9.17, 15) is 18.7 Å². The lowest BCUT2D eigenvalue weighted by Gasteiger charge is -2.39. The fraction of sp³-hybridized carbons (Fsp3) is 0.296. The lowest BCUT2D eigenvalue weighted by Crippen LogP contribution is -2.46. The van der Waals surface area contributed by atoms with Crippen LogP contribution in [0, 0.1) is 11.6 Å². The van der Waals surface area contributed by atoms with Crippen molar-refractivity contribution >= 4 is 23.4 Å². The molecule has 3 aromatic rings. The summed E-state index contributed by atoms with van der Waals surface area (Å²) < 4.78 is 34.1. The van der Waals surface area contributed by atoms with Crippen LogP contribution in [0.4, 0.5) is 19.3 Å². The van der Waals surface area contributed by atoms with Crippen LogP contribution in [0.25, 0.3) is 0 Å². The average Bonchev–Trinajstić information content (AvgIpc) is 3.16. The Morgan fingerprint density at radius 3 is 2.23 bits per heavy atom. The molecule has 2 aliphatic heterocycles. The van der Waals surface area contributed by atoms with Crippen LogP contribution < -0.4 is 4.90 Å². The van der Waals surface area contributed by atoms with E-state index in [1.54, 1.807) is 24.3 Å². The topological polar surface area (TPSA) is 53.0 Å². The average molecular weight is 499 g/mol. The van der Waals surface area contributed by atoms with E-state index in [2.05, 4.69) is 4.90 Å². The molecular formula is C27H25ClF2N2O3. The number of carbonyl (C=O) groups is 1. The van der Waals surface area contributed by atoms with Crippen molar-refractivity contribution in [2.24, 2.45) is 0 Å². The molecule has 3 aromatic carbocycles. The van der Waals surface area contributed by atoms with E-state index in [1.165, 1.54) is 17.0 Å². The van der Waals surface area contributed by atoms with Gasteiger partial charge in [-0.3, -0.25) is 9.80 Å². The third-order valence-electron chi connectivity index (χ3n) is 6.84. The van der Waals surface area contributed by atoms with Crippen LogP contribution in [-0.2, 0) is 10.3 Å². The van der Waals surface area contributed by atoms with Gasteiger partial charge in [-0.1, -0.05) is 41.9 Å². The van der Waals surface area contributed by atoms with Gasteiger partial charge in [-0.25, -0.2) is 13.6 Å². The maximum absolute atomic E-state index is 14.2. The Bertz CT molecular complexity index is 1180. The number of nitrogens with zero attached hydrogens (tertiary/aromatic N) is 2. The summed E-state index contributed by atoms with van der Waals surface area (Å²) in [6.45, 7) is 1.54. The van der Waals surface area contributed by atoms with Crippen molar-refractivity contribution in [2.75, 3.05) is 24.5 Å². The highest BCUT2D eigenvalue weighted by atomic mass is 35.5. The van der Waals surface area contributed by atoms with Crippen LogP contribution in [0.1, 0.15) is 30.0 Å². The van der Waals surface area contributed by atoms with Gasteiger partial charge < -0.3 is 9.84 Å². The summed E-state index contributed by atoms with van der Waals surface area (Å²) in [7, 11) is 0. The molecule has 35 heavy (non-hydrogen) atoms. The number of carbonyl (C=O) groups excluding carboxylic acids is 1. The molecule has 0 radical (unpaired) electrons. The molecule has 0 spiro atoms. The Morgan fingerprint density at radius 1 is 0.971 bits per heavy atom. The molecule has 0 saturated carbocycles. The molecule has 1 amide bonds. The predicted molar refractivity (Wildman–Crippen MR) is 129 cm³/mol. The van der Waals surface area contributed by atoms with E-state index in [4.69, 9.17) is 16.3 Å². The molecule has 0 bridgehead atoms. The minimum absolute atomic E-state index is 0.311. The number of ether oxygens (including phenoxy) is 1. The third-order valence-corrected chi connectivity index (χ3v) is 7.09.